The molecule has 0 radical (unpaired) electrons. The summed E-state index contributed by atoms with van der Waals surface area (Å²) in [7, 11) is -4.45. The first-order valence-electron chi connectivity index (χ1n) is 7.12. The Morgan fingerprint density at radius 1 is 1.26 bits per heavy atom. The van der Waals surface area contributed by atoms with Gasteiger partial charge in [0.05, 0.1) is 0 Å². The maximum absolute atomic E-state index is 11.8. The van der Waals surface area contributed by atoms with Crippen LogP contribution in [0.25, 0.3) is 0 Å². The van der Waals surface area contributed by atoms with Gasteiger partial charge >= 0.3 is 35.0 Å². The average molecular weight is 363 g/mol. The fraction of sp³-hybridized carbons (Fsp3) is 0.714. The zero-order valence-electron chi connectivity index (χ0n) is 15.9. The third-order valence-corrected chi connectivity index (χ3v) is 4.32. The molecule has 0 rings (SSSR count). The van der Waals surface area contributed by atoms with Gasteiger partial charge < -0.3 is 12.3 Å². The van der Waals surface area contributed by atoms with Gasteiger partial charge in [-0.15, -0.1) is 0 Å². The minimum Gasteiger partial charge on any atom is -1.00 e. The second-order valence-corrected chi connectivity index (χ2v) is 6.75. The van der Waals surface area contributed by atoms with E-state index in [-0.39, 0.29) is 32.3 Å². The number of esters is 2. The number of hydrogen-bond donors (Lipinski definition) is 1. The summed E-state index contributed by atoms with van der Waals surface area (Å²) in [6.07, 6.45) is 1.08. The van der Waals surface area contributed by atoms with Gasteiger partial charge in [0.2, 0.25) is 0 Å². The second kappa shape index (κ2) is 11.8. The Morgan fingerprint density at radius 3 is 2.26 bits per heavy atom. The van der Waals surface area contributed by atoms with Crippen molar-refractivity contribution >= 4 is 45.1 Å². The van der Waals surface area contributed by atoms with Crippen LogP contribution in [0.3, 0.4) is 0 Å². The Bertz CT molecular complexity index is 499. The molecule has 0 aromatic carbocycles. The molecule has 0 saturated carbocycles. The minimum atomic E-state index is -4.45. The van der Waals surface area contributed by atoms with Crippen molar-refractivity contribution in [3.05, 3.63) is 12.7 Å². The molecule has 0 bridgehead atoms. The van der Waals surface area contributed by atoms with Crippen molar-refractivity contribution in [1.82, 2.24) is 0 Å². The Balaban J connectivity index is -0.000000735. The first-order valence-corrected chi connectivity index (χ1v) is 8.62. The number of rotatable bonds is 10. The molecule has 0 fully saturated rings. The smallest absolute Gasteiger partial charge is 1.00 e. The normalized spacial score (nSPS) is 14.8. The summed E-state index contributed by atoms with van der Waals surface area (Å²) in [5.74, 6) is -1.38. The molecule has 3 unspecified atom stereocenters. The fourth-order valence-corrected chi connectivity index (χ4v) is 2.39. The van der Waals surface area contributed by atoms with Crippen LogP contribution in [-0.4, -0.2) is 65.4 Å². The molecule has 0 aliphatic heterocycles. The Kier molecular flexibility index (Phi) is 12.7. The van der Waals surface area contributed by atoms with Crippen LogP contribution >= 0.6 is 0 Å². The summed E-state index contributed by atoms with van der Waals surface area (Å²) >= 11 is 0. The van der Waals surface area contributed by atoms with Crippen LogP contribution in [0, 0.1) is 0 Å². The topological polar surface area (TPSA) is 107 Å². The molecule has 0 amide bonds. The molecule has 7 nitrogen and oxygen atoms in total. The molecule has 0 aromatic rings. The van der Waals surface area contributed by atoms with Crippen LogP contribution in [0.1, 0.15) is 49.3 Å². The largest absolute Gasteiger partial charge is 2.00 e. The summed E-state index contributed by atoms with van der Waals surface area (Å²) in [6.45, 7) is 7.77. The maximum Gasteiger partial charge on any atom is 2.00 e. The van der Waals surface area contributed by atoms with Gasteiger partial charge in [0.1, 0.15) is 11.4 Å². The van der Waals surface area contributed by atoms with E-state index in [2.05, 4.69) is 6.58 Å². The zero-order valence-corrected chi connectivity index (χ0v) is 16.1. The van der Waals surface area contributed by atoms with Gasteiger partial charge in [-0.05, 0) is 20.3 Å². The van der Waals surface area contributed by atoms with Crippen LogP contribution in [0.5, 0.6) is 0 Å². The van der Waals surface area contributed by atoms with E-state index in [4.69, 9.17) is 14.0 Å². The molecular formula is C14H26MgO7S. The van der Waals surface area contributed by atoms with Crippen molar-refractivity contribution in [2.45, 2.75) is 63.9 Å². The predicted octanol–water partition coefficient (Wildman–Crippen LogP) is 1.72. The van der Waals surface area contributed by atoms with Crippen molar-refractivity contribution < 1.29 is 34.9 Å². The van der Waals surface area contributed by atoms with Crippen molar-refractivity contribution in [3.63, 3.8) is 0 Å². The average Bonchev–Trinajstić information content (AvgIpc) is 2.42. The molecule has 23 heavy (non-hydrogen) atoms. The molecule has 0 spiro atoms. The summed E-state index contributed by atoms with van der Waals surface area (Å²) in [4.78, 5) is 23.0. The van der Waals surface area contributed by atoms with Gasteiger partial charge in [0.25, 0.3) is 10.1 Å². The van der Waals surface area contributed by atoms with Gasteiger partial charge in [-0.2, -0.15) is 8.42 Å². The summed E-state index contributed by atoms with van der Waals surface area (Å²) in [5, 5.41) is -1.42. The van der Waals surface area contributed by atoms with Crippen LogP contribution in [0.4, 0.5) is 0 Å². The summed E-state index contributed by atoms with van der Waals surface area (Å²) in [5.41, 5.74) is 0. The van der Waals surface area contributed by atoms with Crippen LogP contribution < -0.4 is 0 Å². The minimum absolute atomic E-state index is 0. The zero-order chi connectivity index (χ0) is 17.3. The molecule has 0 saturated heterocycles. The predicted molar refractivity (Wildman–Crippen MR) is 88.8 cm³/mol. The van der Waals surface area contributed by atoms with E-state index >= 15 is 0 Å². The SMILES string of the molecule is C=CC(=O)OC(C)C(OC(=O)CCCCC)C(C)S(=O)(=O)O.[H-].[H-].[Mg+2]. The molecule has 132 valence electrons. The van der Waals surface area contributed by atoms with Crippen molar-refractivity contribution in [3.8, 4) is 0 Å². The molecule has 1 N–H and O–H groups in total. The van der Waals surface area contributed by atoms with E-state index in [0.29, 0.717) is 6.42 Å². The van der Waals surface area contributed by atoms with Gasteiger partial charge in [0.15, 0.2) is 6.10 Å². The van der Waals surface area contributed by atoms with Crippen LogP contribution in [-0.2, 0) is 29.2 Å². The number of ether oxygens (including phenoxy) is 2. The third-order valence-electron chi connectivity index (χ3n) is 3.12. The first kappa shape index (κ1) is 24.6. The quantitative estimate of drug-likeness (QED) is 0.207. The van der Waals surface area contributed by atoms with Crippen LogP contribution in [0.15, 0.2) is 12.7 Å². The molecular weight excluding hydrogens is 337 g/mol. The van der Waals surface area contributed by atoms with E-state index < -0.39 is 39.5 Å². The van der Waals surface area contributed by atoms with Gasteiger partial charge in [-0.25, -0.2) is 4.79 Å². The third kappa shape index (κ3) is 9.95. The number of unbranched alkanes of at least 4 members (excludes halogenated alkanes) is 2. The molecule has 0 aliphatic rings. The van der Waals surface area contributed by atoms with E-state index in [9.17, 15) is 18.0 Å². The van der Waals surface area contributed by atoms with Crippen LogP contribution in [0.2, 0.25) is 0 Å². The van der Waals surface area contributed by atoms with E-state index in [1.54, 1.807) is 0 Å². The fourth-order valence-electron chi connectivity index (χ4n) is 1.77. The molecule has 0 heterocycles. The summed E-state index contributed by atoms with van der Waals surface area (Å²) in [6, 6.07) is 0. The second-order valence-electron chi connectivity index (χ2n) is 4.98. The van der Waals surface area contributed by atoms with Gasteiger partial charge in [0, 0.05) is 12.5 Å². The van der Waals surface area contributed by atoms with E-state index in [1.165, 1.54) is 13.8 Å². The Morgan fingerprint density at radius 2 is 1.83 bits per heavy atom. The van der Waals surface area contributed by atoms with E-state index in [1.807, 2.05) is 6.92 Å². The van der Waals surface area contributed by atoms with Crippen molar-refractivity contribution in [2.24, 2.45) is 0 Å². The van der Waals surface area contributed by atoms with Gasteiger partial charge in [-0.3, -0.25) is 9.35 Å². The molecule has 0 aliphatic carbocycles. The number of hydrogen-bond acceptors (Lipinski definition) is 6. The first-order chi connectivity index (χ1) is 10.1. The van der Waals surface area contributed by atoms with Crippen molar-refractivity contribution in [2.75, 3.05) is 0 Å². The molecule has 3 atom stereocenters. The number of carbonyl (C=O) groups is 2. The molecule has 9 heteroatoms. The summed E-state index contributed by atoms with van der Waals surface area (Å²) < 4.78 is 41.7. The maximum atomic E-state index is 11.8. The Hall–Kier alpha value is -0.644. The van der Waals surface area contributed by atoms with Gasteiger partial charge in [-0.1, -0.05) is 26.3 Å². The standard InChI is InChI=1S/C14H24O7S.Mg.2H/c1-5-7-8-9-13(16)21-14(11(4)22(17,18)19)10(3)20-12(15)6-2;;;/h6,10-11,14H,2,5,7-9H2,1,3-4H3,(H,17,18,19);;;/q;+2;2*-1. The Labute approximate surface area is 156 Å². The van der Waals surface area contributed by atoms with Crippen molar-refractivity contribution in [1.29, 1.82) is 0 Å². The number of carbonyl (C=O) groups excluding carboxylic acids is 2. The van der Waals surface area contributed by atoms with E-state index in [0.717, 1.165) is 18.9 Å². The monoisotopic (exact) mass is 362 g/mol. The molecule has 0 aromatic heterocycles.